The minimum Gasteiger partial charge on any atom is -0.480 e. The Labute approximate surface area is 220 Å². The van der Waals surface area contributed by atoms with Gasteiger partial charge in [0.15, 0.2) is 0 Å². The Morgan fingerprint density at radius 2 is 1.70 bits per heavy atom. The second kappa shape index (κ2) is 16.4. The van der Waals surface area contributed by atoms with Crippen molar-refractivity contribution < 1.29 is 47.1 Å². The van der Waals surface area contributed by atoms with E-state index in [1.54, 1.807) is 0 Å². The predicted molar refractivity (Wildman–Crippen MR) is 130 cm³/mol. The zero-order valence-electron chi connectivity index (χ0n) is 19.2. The second-order valence-corrected chi connectivity index (χ2v) is 9.78. The number of aliphatic carboxylic acids is 2. The van der Waals surface area contributed by atoms with Gasteiger partial charge < -0.3 is 15.9 Å². The van der Waals surface area contributed by atoms with Crippen molar-refractivity contribution in [1.82, 2.24) is 10.6 Å². The molecule has 1 rings (SSSR count). The van der Waals surface area contributed by atoms with Gasteiger partial charge >= 0.3 is 165 Å². The number of nitrogens with one attached hydrogen (secondary N) is 4. The summed E-state index contributed by atoms with van der Waals surface area (Å²) in [4.78, 5) is 69.8. The second-order valence-electron chi connectivity index (χ2n) is 7.28. The Morgan fingerprint density at radius 3 is 2.30 bits per heavy atom. The molecule has 0 aliphatic rings. The number of hydrogen-bond donors (Lipinski definition) is 7. The Kier molecular flexibility index (Phi) is 14.0. The van der Waals surface area contributed by atoms with Crippen molar-refractivity contribution in [2.45, 2.75) is 24.9 Å². The van der Waals surface area contributed by atoms with Gasteiger partial charge in [0.2, 0.25) is 0 Å². The first-order valence-electron chi connectivity index (χ1n) is 10.4. The Bertz CT molecular complexity index is 1050. The topological polar surface area (TPSA) is 234 Å². The van der Waals surface area contributed by atoms with E-state index in [2.05, 4.69) is 21.3 Å². The molecular weight excluding hydrogens is 580 g/mol. The zero-order chi connectivity index (χ0) is 28.0. The van der Waals surface area contributed by atoms with Crippen LogP contribution in [-0.2, 0) is 32.5 Å². The molecule has 2 atom stereocenters. The first kappa shape index (κ1) is 31.7. The summed E-state index contributed by atoms with van der Waals surface area (Å²) in [5.41, 5.74) is 5.51. The molecule has 0 fully saturated rings. The molecule has 0 spiro atoms. The van der Waals surface area contributed by atoms with Crippen LogP contribution in [0.1, 0.15) is 12.8 Å². The summed E-state index contributed by atoms with van der Waals surface area (Å²) in [5.74, 6) is -6.12. The molecule has 1 aromatic carbocycles. The van der Waals surface area contributed by atoms with Crippen molar-refractivity contribution in [3.8, 4) is 0 Å². The number of hydrogen-bond acceptors (Lipinski definition) is 9. The number of carbonyl (C=O) groups excluding carboxylic acids is 4. The number of carboxylic acid groups (broad SMARTS) is 2. The number of alkyl halides is 1. The van der Waals surface area contributed by atoms with Gasteiger partial charge in [0.05, 0.1) is 0 Å². The summed E-state index contributed by atoms with van der Waals surface area (Å²) in [6, 6.07) is 1.63. The van der Waals surface area contributed by atoms with Gasteiger partial charge in [-0.15, -0.1) is 0 Å². The Hall–Kier alpha value is -3.36. The van der Waals surface area contributed by atoms with Crippen LogP contribution in [0.15, 0.2) is 18.2 Å². The fourth-order valence-electron chi connectivity index (χ4n) is 2.59. The van der Waals surface area contributed by atoms with Gasteiger partial charge in [-0.1, -0.05) is 0 Å². The number of thioether (sulfide) groups is 1. The number of carbonyl (C=O) groups is 6. The third-order valence-corrected chi connectivity index (χ3v) is 6.42. The molecule has 0 bridgehead atoms. The zero-order valence-corrected chi connectivity index (χ0v) is 21.9. The molecule has 4 amide bonds. The summed E-state index contributed by atoms with van der Waals surface area (Å²) in [6.07, 6.45) is -0.510. The summed E-state index contributed by atoms with van der Waals surface area (Å²) in [5, 5.41) is 26.7. The van der Waals surface area contributed by atoms with E-state index in [9.17, 15) is 36.9 Å². The predicted octanol–water partition coefficient (Wildman–Crippen LogP) is -2.18. The van der Waals surface area contributed by atoms with Gasteiger partial charge in [-0.05, 0) is 6.42 Å². The molecule has 0 heterocycles. The number of carboxylic acids is 2. The van der Waals surface area contributed by atoms with Gasteiger partial charge in [0.1, 0.15) is 12.6 Å². The normalized spacial score (nSPS) is 12.2. The number of benzene rings is 1. The average molecular weight is 605 g/mol. The van der Waals surface area contributed by atoms with Crippen LogP contribution in [0, 0.1) is 0 Å². The van der Waals surface area contributed by atoms with E-state index in [0.717, 1.165) is 11.8 Å². The van der Waals surface area contributed by atoms with Crippen molar-refractivity contribution >= 4 is 78.7 Å². The average Bonchev–Trinajstić information content (AvgIpc) is 2.85. The number of nitrogens with two attached hydrogens (primary N) is 1. The van der Waals surface area contributed by atoms with Crippen LogP contribution in [0.25, 0.3) is 0 Å². The molecule has 8 N–H and O–H groups in total. The van der Waals surface area contributed by atoms with Gasteiger partial charge in [-0.25, -0.2) is 0 Å². The van der Waals surface area contributed by atoms with Gasteiger partial charge in [-0.2, -0.15) is 0 Å². The maximum absolute atomic E-state index is 12.6. The van der Waals surface area contributed by atoms with Crippen LogP contribution in [0.3, 0.4) is 0 Å². The molecule has 14 nitrogen and oxygen atoms in total. The first-order valence-corrected chi connectivity index (χ1v) is 13.3. The number of amides is 4. The van der Waals surface area contributed by atoms with E-state index in [0.29, 0.717) is 4.35 Å². The summed E-state index contributed by atoms with van der Waals surface area (Å²) in [7, 11) is 0. The molecule has 1 aromatic rings. The van der Waals surface area contributed by atoms with E-state index < -0.39 is 76.6 Å². The van der Waals surface area contributed by atoms with Crippen molar-refractivity contribution in [2.75, 3.05) is 35.4 Å². The van der Waals surface area contributed by atoms with Gasteiger partial charge in [0, 0.05) is 6.42 Å². The number of anilines is 2. The molecule has 2 unspecified atom stereocenters. The molecule has 17 heteroatoms. The van der Waals surface area contributed by atoms with Crippen LogP contribution in [0.2, 0.25) is 0 Å². The molecule has 37 heavy (non-hydrogen) atoms. The maximum atomic E-state index is 12.6. The van der Waals surface area contributed by atoms with E-state index in [1.807, 2.05) is 0 Å². The molecule has 0 radical (unpaired) electrons. The quantitative estimate of drug-likeness (QED) is 0.100. The molecule has 0 aliphatic carbocycles. The van der Waals surface area contributed by atoms with Gasteiger partial charge in [-0.3, -0.25) is 14.4 Å². The van der Waals surface area contributed by atoms with Crippen LogP contribution in [-0.4, -0.2) is 98.3 Å². The number of halogens is 1. The number of rotatable bonds is 16. The summed E-state index contributed by atoms with van der Waals surface area (Å²) in [6.45, 7) is -2.02. The molecule has 0 saturated heterocycles. The van der Waals surface area contributed by atoms with Crippen molar-refractivity contribution in [3.05, 3.63) is 18.2 Å². The SMILES string of the molecule is NC(CCC(=O)NC(CSCC(=O)Nc1ccc([As]=O)cc1NC(=O)CF)C(=O)NCC(=O)O)C(=O)O. The van der Waals surface area contributed by atoms with Crippen molar-refractivity contribution in [3.63, 3.8) is 0 Å². The van der Waals surface area contributed by atoms with Crippen molar-refractivity contribution in [2.24, 2.45) is 5.73 Å². The van der Waals surface area contributed by atoms with Crippen LogP contribution >= 0.6 is 11.8 Å². The third-order valence-electron chi connectivity index (χ3n) is 4.36. The summed E-state index contributed by atoms with van der Waals surface area (Å²) < 4.78 is 24.2. The fraction of sp³-hybridized carbons (Fsp3) is 0.400. The van der Waals surface area contributed by atoms with Crippen LogP contribution < -0.4 is 31.4 Å². The molecule has 202 valence electrons. The smallest absolute Gasteiger partial charge is 0.480 e. The van der Waals surface area contributed by atoms with E-state index in [-0.39, 0.29) is 35.7 Å². The Balaban J connectivity index is 2.78. The minimum absolute atomic E-state index is 0.0439. The molecule has 0 aromatic heterocycles. The summed E-state index contributed by atoms with van der Waals surface area (Å²) >= 11 is -0.527. The Morgan fingerprint density at radius 1 is 1.03 bits per heavy atom. The molecule has 0 aliphatic heterocycles. The van der Waals surface area contributed by atoms with Crippen LogP contribution in [0.5, 0.6) is 0 Å². The van der Waals surface area contributed by atoms with Gasteiger partial charge in [0.25, 0.3) is 0 Å². The van der Waals surface area contributed by atoms with E-state index >= 15 is 0 Å². The molecular formula is C20H25AsFN5O9S. The first-order chi connectivity index (χ1) is 17.5. The van der Waals surface area contributed by atoms with E-state index in [4.69, 9.17) is 15.9 Å². The third kappa shape index (κ3) is 12.4. The van der Waals surface area contributed by atoms with Crippen molar-refractivity contribution in [1.29, 1.82) is 0 Å². The van der Waals surface area contributed by atoms with E-state index in [1.165, 1.54) is 18.2 Å². The van der Waals surface area contributed by atoms with Crippen LogP contribution in [0.4, 0.5) is 15.8 Å². The standard InChI is InChI=1S/C20H25AsFN5O9S/c22-6-16(29)26-13-5-10(21-36)1-3-12(13)25-17(30)9-37-8-14(19(33)24-7-18(31)32)27-15(28)4-2-11(23)20(34)35/h1,3,5,11,14H,2,4,6-9,23H2,(H,24,33)(H,25,30)(H,26,29)(H,27,28)(H,31,32)(H,34,35). The minimum atomic E-state index is -1.44. The monoisotopic (exact) mass is 605 g/mol. The molecule has 0 saturated carbocycles. The fourth-order valence-corrected chi connectivity index (χ4v) is 4.10.